The normalized spacial score (nSPS) is 17.0. The van der Waals surface area contributed by atoms with Crippen LogP contribution in [0.1, 0.15) is 22.3 Å². The van der Waals surface area contributed by atoms with Crippen molar-refractivity contribution in [3.63, 3.8) is 0 Å². The van der Waals surface area contributed by atoms with Gasteiger partial charge in [0, 0.05) is 5.56 Å². The van der Waals surface area contributed by atoms with Gasteiger partial charge in [0.25, 0.3) is 5.91 Å². The Morgan fingerprint density at radius 2 is 1.80 bits per heavy atom. The van der Waals surface area contributed by atoms with E-state index >= 15 is 0 Å². The van der Waals surface area contributed by atoms with Crippen molar-refractivity contribution in [1.82, 2.24) is 0 Å². The van der Waals surface area contributed by atoms with Crippen LogP contribution >= 0.6 is 0 Å². The summed E-state index contributed by atoms with van der Waals surface area (Å²) in [5.41, 5.74) is 1.94. The molecular formula is C19H19N2O4+. The lowest BCUT2D eigenvalue weighted by molar-refractivity contribution is -0.690. The number of carbonyl (C=O) groups is 3. The van der Waals surface area contributed by atoms with E-state index in [1.807, 2.05) is 35.6 Å². The molecule has 3 rings (SSSR count). The molecule has 0 bridgehead atoms. The SMILES string of the molecule is COC(=O)c1ccc(N2C(=O)CC([NH2+]Cc3ccccc3)C2=O)cc1. The Morgan fingerprint density at radius 1 is 1.12 bits per heavy atom. The monoisotopic (exact) mass is 339 g/mol. The average Bonchev–Trinajstić information content (AvgIpc) is 2.94. The van der Waals surface area contributed by atoms with Crippen LogP contribution in [0.4, 0.5) is 5.69 Å². The number of nitrogens with zero attached hydrogens (tertiary/aromatic N) is 1. The zero-order valence-corrected chi connectivity index (χ0v) is 13.8. The van der Waals surface area contributed by atoms with Gasteiger partial charge in [-0.2, -0.15) is 0 Å². The minimum Gasteiger partial charge on any atom is -0.465 e. The molecule has 1 aliphatic heterocycles. The number of methoxy groups -OCH3 is 1. The molecule has 0 radical (unpaired) electrons. The maximum atomic E-state index is 12.6. The number of rotatable bonds is 5. The summed E-state index contributed by atoms with van der Waals surface area (Å²) in [4.78, 5) is 37.5. The van der Waals surface area contributed by atoms with Crippen molar-refractivity contribution in [3.8, 4) is 0 Å². The molecule has 1 atom stereocenters. The van der Waals surface area contributed by atoms with Crippen molar-refractivity contribution in [2.45, 2.75) is 19.0 Å². The van der Waals surface area contributed by atoms with Crippen LogP contribution < -0.4 is 10.2 Å². The molecular weight excluding hydrogens is 320 g/mol. The summed E-state index contributed by atoms with van der Waals surface area (Å²) in [5.74, 6) is -0.920. The number of ether oxygens (including phenoxy) is 1. The lowest BCUT2D eigenvalue weighted by Gasteiger charge is -2.14. The molecule has 1 aliphatic rings. The Hall–Kier alpha value is -2.99. The molecule has 6 heteroatoms. The molecule has 6 nitrogen and oxygen atoms in total. The predicted octanol–water partition coefficient (Wildman–Crippen LogP) is 0.869. The van der Waals surface area contributed by atoms with Crippen LogP contribution in [0, 0.1) is 0 Å². The summed E-state index contributed by atoms with van der Waals surface area (Å²) in [6.07, 6.45) is 0.171. The topological polar surface area (TPSA) is 80.3 Å². The Balaban J connectivity index is 1.69. The molecule has 1 unspecified atom stereocenters. The zero-order valence-electron chi connectivity index (χ0n) is 13.8. The molecule has 0 aromatic heterocycles. The predicted molar refractivity (Wildman–Crippen MR) is 90.8 cm³/mol. The molecule has 128 valence electrons. The summed E-state index contributed by atoms with van der Waals surface area (Å²) in [7, 11) is 1.30. The van der Waals surface area contributed by atoms with Gasteiger partial charge < -0.3 is 10.1 Å². The van der Waals surface area contributed by atoms with E-state index < -0.39 is 12.0 Å². The van der Waals surface area contributed by atoms with Gasteiger partial charge in [0.2, 0.25) is 5.91 Å². The van der Waals surface area contributed by atoms with Crippen molar-refractivity contribution in [1.29, 1.82) is 0 Å². The molecule has 0 spiro atoms. The number of imide groups is 1. The maximum Gasteiger partial charge on any atom is 0.337 e. The minimum atomic E-state index is -0.459. The minimum absolute atomic E-state index is 0.171. The van der Waals surface area contributed by atoms with Gasteiger partial charge in [-0.1, -0.05) is 30.3 Å². The number of benzene rings is 2. The number of carbonyl (C=O) groups excluding carboxylic acids is 3. The fourth-order valence-electron chi connectivity index (χ4n) is 2.87. The molecule has 2 aromatic carbocycles. The molecule has 1 saturated heterocycles. The van der Waals surface area contributed by atoms with Crippen molar-refractivity contribution >= 4 is 23.5 Å². The third-order valence-corrected chi connectivity index (χ3v) is 4.21. The average molecular weight is 339 g/mol. The van der Waals surface area contributed by atoms with Gasteiger partial charge in [-0.05, 0) is 24.3 Å². The molecule has 25 heavy (non-hydrogen) atoms. The quantitative estimate of drug-likeness (QED) is 0.647. The second-order valence-corrected chi connectivity index (χ2v) is 5.84. The van der Waals surface area contributed by atoms with Crippen LogP contribution in [0.15, 0.2) is 54.6 Å². The molecule has 2 amide bonds. The lowest BCUT2D eigenvalue weighted by Crippen LogP contribution is -2.90. The molecule has 1 fully saturated rings. The molecule has 0 aliphatic carbocycles. The number of hydrogen-bond donors (Lipinski definition) is 1. The van der Waals surface area contributed by atoms with Crippen molar-refractivity contribution in [2.75, 3.05) is 12.0 Å². The van der Waals surface area contributed by atoms with Gasteiger partial charge in [-0.15, -0.1) is 0 Å². The standard InChI is InChI=1S/C19H18N2O4/c1-25-19(24)14-7-9-15(10-8-14)21-17(22)11-16(18(21)23)20-12-13-5-3-2-4-6-13/h2-10,16,20H,11-12H2,1H3/p+1. The van der Waals surface area contributed by atoms with E-state index in [1.165, 1.54) is 12.0 Å². The third kappa shape index (κ3) is 3.59. The highest BCUT2D eigenvalue weighted by molar-refractivity contribution is 6.21. The van der Waals surface area contributed by atoms with Gasteiger partial charge in [0.1, 0.15) is 6.54 Å². The smallest absolute Gasteiger partial charge is 0.337 e. The zero-order chi connectivity index (χ0) is 17.8. The van der Waals surface area contributed by atoms with E-state index in [2.05, 4.69) is 4.74 Å². The van der Waals surface area contributed by atoms with Gasteiger partial charge >= 0.3 is 5.97 Å². The first kappa shape index (κ1) is 16.9. The first-order chi connectivity index (χ1) is 12.1. The molecule has 1 heterocycles. The number of hydrogen-bond acceptors (Lipinski definition) is 4. The Bertz CT molecular complexity index is 787. The maximum absolute atomic E-state index is 12.6. The largest absolute Gasteiger partial charge is 0.465 e. The van der Waals surface area contributed by atoms with Crippen LogP contribution in [0.5, 0.6) is 0 Å². The number of anilines is 1. The molecule has 0 saturated carbocycles. The summed E-state index contributed by atoms with van der Waals surface area (Å²) >= 11 is 0. The van der Waals surface area contributed by atoms with Gasteiger partial charge in [0.05, 0.1) is 24.8 Å². The van der Waals surface area contributed by atoms with E-state index in [0.29, 0.717) is 17.8 Å². The van der Waals surface area contributed by atoms with Gasteiger partial charge in [-0.25, -0.2) is 9.69 Å². The Morgan fingerprint density at radius 3 is 2.44 bits per heavy atom. The van der Waals surface area contributed by atoms with Crippen LogP contribution in [-0.4, -0.2) is 30.9 Å². The van der Waals surface area contributed by atoms with Crippen molar-refractivity contribution in [2.24, 2.45) is 0 Å². The molecule has 2 aromatic rings. The van der Waals surface area contributed by atoms with E-state index in [-0.39, 0.29) is 18.2 Å². The number of esters is 1. The second-order valence-electron chi connectivity index (χ2n) is 5.84. The van der Waals surface area contributed by atoms with Gasteiger partial charge in [-0.3, -0.25) is 9.59 Å². The number of quaternary nitrogens is 1. The van der Waals surface area contributed by atoms with E-state index in [0.717, 1.165) is 5.56 Å². The van der Waals surface area contributed by atoms with Crippen molar-refractivity contribution < 1.29 is 24.4 Å². The lowest BCUT2D eigenvalue weighted by atomic mass is 10.2. The fraction of sp³-hybridized carbons (Fsp3) is 0.211. The highest BCUT2D eigenvalue weighted by Crippen LogP contribution is 2.22. The first-order valence-corrected chi connectivity index (χ1v) is 8.02. The van der Waals surface area contributed by atoms with E-state index in [4.69, 9.17) is 0 Å². The highest BCUT2D eigenvalue weighted by atomic mass is 16.5. The highest BCUT2D eigenvalue weighted by Gasteiger charge is 2.42. The van der Waals surface area contributed by atoms with E-state index in [9.17, 15) is 14.4 Å². The number of amides is 2. The van der Waals surface area contributed by atoms with Crippen LogP contribution in [0.2, 0.25) is 0 Å². The second kappa shape index (κ2) is 7.27. The molecule has 2 N–H and O–H groups in total. The van der Waals surface area contributed by atoms with E-state index in [1.54, 1.807) is 24.3 Å². The summed E-state index contributed by atoms with van der Waals surface area (Å²) < 4.78 is 4.64. The van der Waals surface area contributed by atoms with Crippen LogP contribution in [-0.2, 0) is 20.9 Å². The summed E-state index contributed by atoms with van der Waals surface area (Å²) in [6, 6.07) is 15.6. The Kier molecular flexibility index (Phi) is 4.90. The summed E-state index contributed by atoms with van der Waals surface area (Å²) in [6.45, 7) is 0.639. The first-order valence-electron chi connectivity index (χ1n) is 8.02. The fourth-order valence-corrected chi connectivity index (χ4v) is 2.87. The number of nitrogens with two attached hydrogens (primary N) is 1. The third-order valence-electron chi connectivity index (χ3n) is 4.21. The van der Waals surface area contributed by atoms with Crippen LogP contribution in [0.3, 0.4) is 0 Å². The van der Waals surface area contributed by atoms with Gasteiger partial charge in [0.15, 0.2) is 6.04 Å². The van der Waals surface area contributed by atoms with Crippen LogP contribution in [0.25, 0.3) is 0 Å². The van der Waals surface area contributed by atoms with Crippen molar-refractivity contribution in [3.05, 3.63) is 65.7 Å². The Labute approximate surface area is 145 Å². The summed E-state index contributed by atoms with van der Waals surface area (Å²) in [5, 5.41) is 1.89.